The van der Waals surface area contributed by atoms with Gasteiger partial charge in [0.15, 0.2) is 0 Å². The molecule has 0 radical (unpaired) electrons. The normalized spacial score (nSPS) is 18.4. The summed E-state index contributed by atoms with van der Waals surface area (Å²) in [5, 5.41) is 0. The van der Waals surface area contributed by atoms with E-state index in [-0.39, 0.29) is -0.565 Å². The van der Waals surface area contributed by atoms with Gasteiger partial charge in [0.1, 0.15) is 0 Å². The van der Waals surface area contributed by atoms with Crippen molar-refractivity contribution in [2.75, 3.05) is 19.8 Å². The zero-order chi connectivity index (χ0) is 9.73. The van der Waals surface area contributed by atoms with Gasteiger partial charge < -0.3 is 0 Å². The standard InChI is InChI=1S/C6H6AsI3O3/c8-6(9,10)2-1-3-11-7-12-4-5-13-7/h3-5H2. The Morgan fingerprint density at radius 1 is 1.31 bits per heavy atom. The second-order valence-electron chi connectivity index (χ2n) is 1.96. The number of halogens is 3. The van der Waals surface area contributed by atoms with Gasteiger partial charge in [-0.25, -0.2) is 0 Å². The van der Waals surface area contributed by atoms with E-state index in [1.807, 2.05) is 0 Å². The van der Waals surface area contributed by atoms with E-state index in [4.69, 9.17) is 11.2 Å². The third-order valence-electron chi connectivity index (χ3n) is 0.949. The molecule has 1 aliphatic heterocycles. The van der Waals surface area contributed by atoms with Crippen molar-refractivity contribution in [2.45, 2.75) is -0.565 Å². The molecular formula is C6H6AsI3O3. The van der Waals surface area contributed by atoms with Crippen molar-refractivity contribution >= 4 is 83.4 Å². The van der Waals surface area contributed by atoms with Gasteiger partial charge >= 0.3 is 126 Å². The third kappa shape index (κ3) is 7.13. The van der Waals surface area contributed by atoms with Gasteiger partial charge in [-0.15, -0.1) is 0 Å². The zero-order valence-corrected chi connectivity index (χ0v) is 14.8. The second-order valence-corrected chi connectivity index (χ2v) is 15.6. The minimum absolute atomic E-state index is 0.0453. The van der Waals surface area contributed by atoms with Crippen LogP contribution in [0.25, 0.3) is 0 Å². The number of hydrogen-bond acceptors (Lipinski definition) is 3. The average molecular weight is 582 g/mol. The van der Waals surface area contributed by atoms with Gasteiger partial charge in [0.2, 0.25) is 0 Å². The van der Waals surface area contributed by atoms with Crippen LogP contribution in [0.5, 0.6) is 0 Å². The van der Waals surface area contributed by atoms with E-state index in [2.05, 4.69) is 79.6 Å². The van der Waals surface area contributed by atoms with E-state index in [1.54, 1.807) is 0 Å². The van der Waals surface area contributed by atoms with Gasteiger partial charge in [-0.3, -0.25) is 0 Å². The Bertz CT molecular complexity index is 213. The Hall–Kier alpha value is 2.19. The van der Waals surface area contributed by atoms with Crippen molar-refractivity contribution in [3.63, 3.8) is 0 Å². The van der Waals surface area contributed by atoms with Crippen LogP contribution in [0.1, 0.15) is 0 Å². The molecule has 0 amide bonds. The summed E-state index contributed by atoms with van der Waals surface area (Å²) in [6.45, 7) is 1.75. The summed E-state index contributed by atoms with van der Waals surface area (Å²) in [5.41, 5.74) is 0. The predicted molar refractivity (Wildman–Crippen MR) is 76.2 cm³/mol. The molecule has 0 aromatic heterocycles. The summed E-state index contributed by atoms with van der Waals surface area (Å²) in [7, 11) is 0. The van der Waals surface area contributed by atoms with Crippen molar-refractivity contribution in [1.29, 1.82) is 0 Å². The van der Waals surface area contributed by atoms with Gasteiger partial charge in [0.25, 0.3) is 0 Å². The van der Waals surface area contributed by atoms with Crippen molar-refractivity contribution in [3.05, 3.63) is 0 Å². The van der Waals surface area contributed by atoms with Gasteiger partial charge in [-0.1, -0.05) is 0 Å². The molecule has 0 saturated carbocycles. The number of hydrogen-bond donors (Lipinski definition) is 0. The Morgan fingerprint density at radius 3 is 2.46 bits per heavy atom. The first-order valence-corrected chi connectivity index (χ1v) is 8.87. The molecule has 0 spiro atoms. The number of rotatable bonds is 2. The summed E-state index contributed by atoms with van der Waals surface area (Å²) in [4.78, 5) is 0. The molecular weight excluding hydrogens is 576 g/mol. The molecule has 0 aromatic rings. The summed E-state index contributed by atoms with van der Waals surface area (Å²) in [5.74, 6) is 5.98. The van der Waals surface area contributed by atoms with E-state index >= 15 is 0 Å². The van der Waals surface area contributed by atoms with Crippen LogP contribution < -0.4 is 0 Å². The first kappa shape index (κ1) is 13.3. The van der Waals surface area contributed by atoms with Crippen LogP contribution >= 0.6 is 67.8 Å². The minimum atomic E-state index is -1.84. The molecule has 1 rings (SSSR count). The molecule has 7 heteroatoms. The van der Waals surface area contributed by atoms with Crippen LogP contribution in [0.4, 0.5) is 0 Å². The molecule has 0 atom stereocenters. The van der Waals surface area contributed by atoms with Crippen molar-refractivity contribution in [1.82, 2.24) is 0 Å². The first-order valence-electron chi connectivity index (χ1n) is 3.33. The van der Waals surface area contributed by atoms with E-state index in [0.29, 0.717) is 19.8 Å². The molecule has 0 aromatic carbocycles. The van der Waals surface area contributed by atoms with Gasteiger partial charge in [0, 0.05) is 0 Å². The van der Waals surface area contributed by atoms with E-state index in [1.165, 1.54) is 0 Å². The average Bonchev–Trinajstić information content (AvgIpc) is 2.48. The van der Waals surface area contributed by atoms with E-state index in [0.717, 1.165) is 0 Å². The maximum absolute atomic E-state index is 5.32. The quantitative estimate of drug-likeness (QED) is 0.216. The molecule has 74 valence electrons. The third-order valence-corrected chi connectivity index (χ3v) is 4.12. The van der Waals surface area contributed by atoms with Crippen LogP contribution in [0.2, 0.25) is 0 Å². The fourth-order valence-electron chi connectivity index (χ4n) is 0.557. The van der Waals surface area contributed by atoms with Crippen molar-refractivity contribution < 1.29 is 11.2 Å². The van der Waals surface area contributed by atoms with E-state index in [9.17, 15) is 0 Å². The van der Waals surface area contributed by atoms with Gasteiger partial charge in [-0.05, 0) is 0 Å². The Labute approximate surface area is 124 Å². The molecule has 0 bridgehead atoms. The van der Waals surface area contributed by atoms with Gasteiger partial charge in [-0.2, -0.15) is 0 Å². The molecule has 0 aliphatic carbocycles. The number of alkyl halides is 3. The molecule has 1 heterocycles. The van der Waals surface area contributed by atoms with Crippen LogP contribution in [0, 0.1) is 11.8 Å². The zero-order valence-electron chi connectivity index (χ0n) is 6.43. The molecule has 13 heavy (non-hydrogen) atoms. The van der Waals surface area contributed by atoms with Crippen LogP contribution in [0.15, 0.2) is 0 Å². The van der Waals surface area contributed by atoms with Crippen LogP contribution in [0.3, 0.4) is 0 Å². The van der Waals surface area contributed by atoms with Crippen molar-refractivity contribution in [3.8, 4) is 11.8 Å². The molecule has 1 saturated heterocycles. The monoisotopic (exact) mass is 582 g/mol. The van der Waals surface area contributed by atoms with Gasteiger partial charge in [0.05, 0.1) is 0 Å². The predicted octanol–water partition coefficient (Wildman–Crippen LogP) is 2.00. The second kappa shape index (κ2) is 6.70. The Morgan fingerprint density at radius 2 is 1.92 bits per heavy atom. The topological polar surface area (TPSA) is 27.7 Å². The van der Waals surface area contributed by atoms with Crippen LogP contribution in [-0.2, 0) is 11.2 Å². The van der Waals surface area contributed by atoms with Crippen LogP contribution in [-0.4, -0.2) is 34.9 Å². The summed E-state index contributed by atoms with van der Waals surface area (Å²) in [6.07, 6.45) is 0. The summed E-state index contributed by atoms with van der Waals surface area (Å²) in [6, 6.07) is 0. The molecule has 0 unspecified atom stereocenters. The maximum atomic E-state index is 5.32. The Kier molecular flexibility index (Phi) is 6.83. The molecule has 1 aliphatic rings. The SMILES string of the molecule is IC(I)(I)C#CCO[As]1OCCO1. The summed E-state index contributed by atoms with van der Waals surface area (Å²) >= 11 is 4.93. The van der Waals surface area contributed by atoms with E-state index < -0.39 is 15.7 Å². The Balaban J connectivity index is 2.14. The fourth-order valence-corrected chi connectivity index (χ4v) is 2.89. The fraction of sp³-hybridized carbons (Fsp3) is 0.667. The molecule has 0 N–H and O–H groups in total. The molecule has 1 fully saturated rings. The molecule has 3 nitrogen and oxygen atoms in total. The first-order chi connectivity index (χ1) is 6.08. The summed E-state index contributed by atoms with van der Waals surface area (Å²) < 4.78 is 15.7. The van der Waals surface area contributed by atoms with Crippen molar-refractivity contribution in [2.24, 2.45) is 0 Å².